The first-order valence-electron chi connectivity index (χ1n) is 7.20. The van der Waals surface area contributed by atoms with E-state index in [9.17, 15) is 14.7 Å². The first kappa shape index (κ1) is 14.3. The minimum atomic E-state index is -0.801. The van der Waals surface area contributed by atoms with Crippen LogP contribution in [-0.4, -0.2) is 41.0 Å². The molecular weight excluding hydrogens is 244 g/mol. The summed E-state index contributed by atoms with van der Waals surface area (Å²) in [4.78, 5) is 25.6. The highest BCUT2D eigenvalue weighted by atomic mass is 16.4. The SMILES string of the molecule is CC1(C(=O)O)CCCN(C(=O)C2CCCC(N)C2)C1. The molecule has 2 rings (SSSR count). The fourth-order valence-corrected chi connectivity index (χ4v) is 3.31. The highest BCUT2D eigenvalue weighted by molar-refractivity contribution is 5.81. The Hall–Kier alpha value is -1.10. The maximum atomic E-state index is 12.5. The van der Waals surface area contributed by atoms with Crippen molar-refractivity contribution in [1.82, 2.24) is 4.90 Å². The molecule has 5 nitrogen and oxygen atoms in total. The molecule has 1 amide bonds. The molecule has 0 bridgehead atoms. The zero-order chi connectivity index (χ0) is 14.0. The Bertz CT molecular complexity index is 372. The minimum absolute atomic E-state index is 0.0000973. The average Bonchev–Trinajstić information content (AvgIpc) is 2.38. The summed E-state index contributed by atoms with van der Waals surface area (Å²) < 4.78 is 0. The normalized spacial score (nSPS) is 36.0. The Morgan fingerprint density at radius 3 is 2.68 bits per heavy atom. The van der Waals surface area contributed by atoms with E-state index < -0.39 is 11.4 Å². The van der Waals surface area contributed by atoms with Gasteiger partial charge in [0, 0.05) is 25.0 Å². The number of hydrogen-bond acceptors (Lipinski definition) is 3. The zero-order valence-corrected chi connectivity index (χ0v) is 11.6. The molecule has 108 valence electrons. The van der Waals surface area contributed by atoms with Gasteiger partial charge in [0.05, 0.1) is 5.41 Å². The van der Waals surface area contributed by atoms with Gasteiger partial charge in [-0.3, -0.25) is 9.59 Å². The first-order chi connectivity index (χ1) is 8.92. The van der Waals surface area contributed by atoms with Crippen LogP contribution in [0.15, 0.2) is 0 Å². The van der Waals surface area contributed by atoms with Crippen molar-refractivity contribution in [3.63, 3.8) is 0 Å². The molecular formula is C14H24N2O3. The van der Waals surface area contributed by atoms with Crippen molar-refractivity contribution in [2.45, 2.75) is 51.5 Å². The highest BCUT2D eigenvalue weighted by Crippen LogP contribution is 2.32. The quantitative estimate of drug-likeness (QED) is 0.788. The minimum Gasteiger partial charge on any atom is -0.481 e. The fraction of sp³-hybridized carbons (Fsp3) is 0.857. The summed E-state index contributed by atoms with van der Waals surface area (Å²) in [7, 11) is 0. The van der Waals surface area contributed by atoms with E-state index in [1.54, 1.807) is 11.8 Å². The predicted molar refractivity (Wildman–Crippen MR) is 71.5 cm³/mol. The van der Waals surface area contributed by atoms with Crippen molar-refractivity contribution in [2.75, 3.05) is 13.1 Å². The maximum Gasteiger partial charge on any atom is 0.311 e. The number of carboxylic acids is 1. The van der Waals surface area contributed by atoms with Gasteiger partial charge in [-0.15, -0.1) is 0 Å². The van der Waals surface area contributed by atoms with Crippen molar-refractivity contribution in [3.05, 3.63) is 0 Å². The van der Waals surface area contributed by atoms with Crippen LogP contribution in [0.3, 0.4) is 0 Å². The van der Waals surface area contributed by atoms with Gasteiger partial charge in [0.25, 0.3) is 0 Å². The van der Waals surface area contributed by atoms with Gasteiger partial charge >= 0.3 is 5.97 Å². The lowest BCUT2D eigenvalue weighted by Crippen LogP contribution is -2.51. The van der Waals surface area contributed by atoms with E-state index in [1.165, 1.54) is 0 Å². The van der Waals surface area contributed by atoms with E-state index in [0.29, 0.717) is 19.5 Å². The van der Waals surface area contributed by atoms with Gasteiger partial charge in [0.2, 0.25) is 5.91 Å². The third-order valence-electron chi connectivity index (χ3n) is 4.59. The van der Waals surface area contributed by atoms with Crippen LogP contribution in [0.5, 0.6) is 0 Å². The molecule has 5 heteroatoms. The Labute approximate surface area is 114 Å². The second-order valence-electron chi connectivity index (χ2n) is 6.35. The van der Waals surface area contributed by atoms with Crippen LogP contribution in [0, 0.1) is 11.3 Å². The number of likely N-dealkylation sites (tertiary alicyclic amines) is 1. The summed E-state index contributed by atoms with van der Waals surface area (Å²) >= 11 is 0. The molecule has 0 spiro atoms. The number of nitrogens with two attached hydrogens (primary N) is 1. The third kappa shape index (κ3) is 3.08. The van der Waals surface area contributed by atoms with E-state index in [2.05, 4.69) is 0 Å². The molecule has 2 aliphatic rings. The predicted octanol–water partition coefficient (Wildman–Crippen LogP) is 1.22. The van der Waals surface area contributed by atoms with E-state index in [4.69, 9.17) is 5.73 Å². The third-order valence-corrected chi connectivity index (χ3v) is 4.59. The molecule has 1 aliphatic heterocycles. The van der Waals surface area contributed by atoms with Gasteiger partial charge < -0.3 is 15.7 Å². The molecule has 1 saturated heterocycles. The molecule has 2 fully saturated rings. The smallest absolute Gasteiger partial charge is 0.311 e. The number of carbonyl (C=O) groups excluding carboxylic acids is 1. The molecule has 0 aromatic heterocycles. The van der Waals surface area contributed by atoms with Gasteiger partial charge in [-0.05, 0) is 39.0 Å². The first-order valence-corrected chi connectivity index (χ1v) is 7.20. The van der Waals surface area contributed by atoms with Gasteiger partial charge in [-0.2, -0.15) is 0 Å². The summed E-state index contributed by atoms with van der Waals surface area (Å²) in [6.07, 6.45) is 5.06. The molecule has 0 aromatic rings. The molecule has 3 atom stereocenters. The summed E-state index contributed by atoms with van der Waals surface area (Å²) in [5.41, 5.74) is 5.14. The van der Waals surface area contributed by atoms with Gasteiger partial charge in [-0.25, -0.2) is 0 Å². The van der Waals surface area contributed by atoms with Crippen LogP contribution in [0.2, 0.25) is 0 Å². The van der Waals surface area contributed by atoms with E-state index in [-0.39, 0.29) is 17.9 Å². The number of carbonyl (C=O) groups is 2. The Balaban J connectivity index is 2.01. The number of hydrogen-bond donors (Lipinski definition) is 2. The maximum absolute atomic E-state index is 12.5. The van der Waals surface area contributed by atoms with Crippen molar-refractivity contribution >= 4 is 11.9 Å². The Morgan fingerprint density at radius 1 is 1.32 bits per heavy atom. The number of amides is 1. The molecule has 1 heterocycles. The summed E-state index contributed by atoms with van der Waals surface area (Å²) in [5, 5.41) is 9.29. The molecule has 0 radical (unpaired) electrons. The second-order valence-corrected chi connectivity index (χ2v) is 6.35. The topological polar surface area (TPSA) is 83.6 Å². The fourth-order valence-electron chi connectivity index (χ4n) is 3.31. The molecule has 3 N–H and O–H groups in total. The van der Waals surface area contributed by atoms with Crippen LogP contribution in [-0.2, 0) is 9.59 Å². The number of rotatable bonds is 2. The van der Waals surface area contributed by atoms with E-state index >= 15 is 0 Å². The van der Waals surface area contributed by atoms with Crippen LogP contribution < -0.4 is 5.73 Å². The lowest BCUT2D eigenvalue weighted by atomic mass is 9.80. The highest BCUT2D eigenvalue weighted by Gasteiger charge is 2.41. The second kappa shape index (κ2) is 5.49. The molecule has 1 saturated carbocycles. The average molecular weight is 268 g/mol. The number of nitrogens with zero attached hydrogens (tertiary/aromatic N) is 1. The standard InChI is InChI=1S/C14H24N2O3/c1-14(13(18)19)6-3-7-16(9-14)12(17)10-4-2-5-11(15)8-10/h10-11H,2-9,15H2,1H3,(H,18,19). The van der Waals surface area contributed by atoms with Crippen molar-refractivity contribution in [2.24, 2.45) is 17.1 Å². The van der Waals surface area contributed by atoms with Gasteiger partial charge in [-0.1, -0.05) is 6.42 Å². The van der Waals surface area contributed by atoms with E-state index in [0.717, 1.165) is 32.1 Å². The molecule has 3 unspecified atom stereocenters. The van der Waals surface area contributed by atoms with Crippen LogP contribution >= 0.6 is 0 Å². The Morgan fingerprint density at radius 2 is 2.05 bits per heavy atom. The lowest BCUT2D eigenvalue weighted by Gasteiger charge is -2.40. The molecule has 19 heavy (non-hydrogen) atoms. The number of piperidine rings is 1. The number of aliphatic carboxylic acids is 1. The largest absolute Gasteiger partial charge is 0.481 e. The van der Waals surface area contributed by atoms with Crippen LogP contribution in [0.25, 0.3) is 0 Å². The summed E-state index contributed by atoms with van der Waals surface area (Å²) in [6.45, 7) is 2.77. The summed E-state index contributed by atoms with van der Waals surface area (Å²) in [5.74, 6) is -0.687. The van der Waals surface area contributed by atoms with Gasteiger partial charge in [0.15, 0.2) is 0 Å². The van der Waals surface area contributed by atoms with Crippen molar-refractivity contribution in [1.29, 1.82) is 0 Å². The van der Waals surface area contributed by atoms with Crippen LogP contribution in [0.1, 0.15) is 45.4 Å². The van der Waals surface area contributed by atoms with Crippen molar-refractivity contribution < 1.29 is 14.7 Å². The van der Waals surface area contributed by atoms with E-state index in [1.807, 2.05) is 0 Å². The van der Waals surface area contributed by atoms with Crippen LogP contribution in [0.4, 0.5) is 0 Å². The monoisotopic (exact) mass is 268 g/mol. The number of carboxylic acid groups (broad SMARTS) is 1. The lowest BCUT2D eigenvalue weighted by molar-refractivity contribution is -0.154. The zero-order valence-electron chi connectivity index (χ0n) is 11.6. The molecule has 1 aliphatic carbocycles. The molecule has 0 aromatic carbocycles. The Kier molecular flexibility index (Phi) is 4.13. The summed E-state index contributed by atoms with van der Waals surface area (Å²) in [6, 6.07) is 0.123. The van der Waals surface area contributed by atoms with Crippen molar-refractivity contribution in [3.8, 4) is 0 Å². The van der Waals surface area contributed by atoms with Gasteiger partial charge in [0.1, 0.15) is 0 Å².